The van der Waals surface area contributed by atoms with Gasteiger partial charge in [0.1, 0.15) is 10.6 Å². The van der Waals surface area contributed by atoms with E-state index in [2.05, 4.69) is 40.5 Å². The first-order valence-corrected chi connectivity index (χ1v) is 7.51. The van der Waals surface area contributed by atoms with Crippen LogP contribution in [0.5, 0.6) is 0 Å². The highest BCUT2D eigenvalue weighted by Gasteiger charge is 2.23. The SMILES string of the molecule is CCNc1nc(N2CCOCC2C)c2ccsc2n1. The van der Waals surface area contributed by atoms with Gasteiger partial charge in [0, 0.05) is 13.1 Å². The van der Waals surface area contributed by atoms with Crippen molar-refractivity contribution in [1.29, 1.82) is 0 Å². The van der Waals surface area contributed by atoms with Gasteiger partial charge in [-0.25, -0.2) is 4.98 Å². The number of hydrogen-bond donors (Lipinski definition) is 1. The van der Waals surface area contributed by atoms with Crippen LogP contribution in [-0.4, -0.2) is 42.3 Å². The van der Waals surface area contributed by atoms with Crippen LogP contribution in [0, 0.1) is 0 Å². The van der Waals surface area contributed by atoms with Crippen molar-refractivity contribution in [1.82, 2.24) is 9.97 Å². The van der Waals surface area contributed by atoms with Crippen molar-refractivity contribution < 1.29 is 4.74 Å². The topological polar surface area (TPSA) is 50.3 Å². The van der Waals surface area contributed by atoms with Crippen molar-refractivity contribution in [2.24, 2.45) is 0 Å². The van der Waals surface area contributed by atoms with Gasteiger partial charge in [-0.2, -0.15) is 4.98 Å². The molecule has 3 rings (SSSR count). The molecule has 2 aromatic rings. The minimum absolute atomic E-state index is 0.348. The first-order chi connectivity index (χ1) is 9.29. The molecule has 19 heavy (non-hydrogen) atoms. The Morgan fingerprint density at radius 3 is 3.21 bits per heavy atom. The van der Waals surface area contributed by atoms with Crippen LogP contribution in [0.2, 0.25) is 0 Å². The average molecular weight is 278 g/mol. The van der Waals surface area contributed by atoms with Crippen LogP contribution in [0.4, 0.5) is 11.8 Å². The zero-order valence-electron chi connectivity index (χ0n) is 11.2. The average Bonchev–Trinajstić information content (AvgIpc) is 2.87. The molecular weight excluding hydrogens is 260 g/mol. The Hall–Kier alpha value is -1.40. The summed E-state index contributed by atoms with van der Waals surface area (Å²) < 4.78 is 5.51. The Labute approximate surface area is 116 Å². The van der Waals surface area contributed by atoms with E-state index in [1.54, 1.807) is 11.3 Å². The van der Waals surface area contributed by atoms with Gasteiger partial charge >= 0.3 is 0 Å². The fraction of sp³-hybridized carbons (Fsp3) is 0.538. The number of fused-ring (bicyclic) bond motifs is 1. The van der Waals surface area contributed by atoms with Gasteiger partial charge < -0.3 is 15.0 Å². The fourth-order valence-electron chi connectivity index (χ4n) is 2.34. The van der Waals surface area contributed by atoms with Crippen molar-refractivity contribution in [3.63, 3.8) is 0 Å². The number of anilines is 2. The summed E-state index contributed by atoms with van der Waals surface area (Å²) in [5.74, 6) is 1.74. The molecule has 1 atom stereocenters. The first-order valence-electron chi connectivity index (χ1n) is 6.63. The molecule has 1 aliphatic heterocycles. The van der Waals surface area contributed by atoms with E-state index in [9.17, 15) is 0 Å². The molecule has 1 aliphatic rings. The van der Waals surface area contributed by atoms with Crippen molar-refractivity contribution in [2.45, 2.75) is 19.9 Å². The molecule has 0 saturated carbocycles. The molecule has 1 saturated heterocycles. The minimum atomic E-state index is 0.348. The van der Waals surface area contributed by atoms with Gasteiger partial charge in [0.15, 0.2) is 0 Å². The lowest BCUT2D eigenvalue weighted by Gasteiger charge is -2.34. The number of morpholine rings is 1. The number of aromatic nitrogens is 2. The van der Waals surface area contributed by atoms with Gasteiger partial charge in [-0.15, -0.1) is 11.3 Å². The monoisotopic (exact) mass is 278 g/mol. The second kappa shape index (κ2) is 5.30. The third kappa shape index (κ3) is 2.37. The highest BCUT2D eigenvalue weighted by molar-refractivity contribution is 7.16. The molecule has 1 N–H and O–H groups in total. The molecule has 0 aliphatic carbocycles. The van der Waals surface area contributed by atoms with Crippen molar-refractivity contribution in [3.8, 4) is 0 Å². The Morgan fingerprint density at radius 2 is 2.42 bits per heavy atom. The fourth-order valence-corrected chi connectivity index (χ4v) is 3.10. The third-order valence-electron chi connectivity index (χ3n) is 3.28. The number of rotatable bonds is 3. The van der Waals surface area contributed by atoms with Crippen LogP contribution in [0.15, 0.2) is 11.4 Å². The Bertz CT molecular complexity index is 571. The number of ether oxygens (including phenoxy) is 1. The summed E-state index contributed by atoms with van der Waals surface area (Å²) in [6.45, 7) is 7.46. The van der Waals surface area contributed by atoms with E-state index in [1.807, 2.05) is 0 Å². The predicted molar refractivity (Wildman–Crippen MR) is 79.2 cm³/mol. The summed E-state index contributed by atoms with van der Waals surface area (Å²) in [7, 11) is 0. The van der Waals surface area contributed by atoms with E-state index in [-0.39, 0.29) is 0 Å². The van der Waals surface area contributed by atoms with Crippen LogP contribution in [0.1, 0.15) is 13.8 Å². The first kappa shape index (κ1) is 12.6. The predicted octanol–water partition coefficient (Wildman–Crippen LogP) is 2.35. The zero-order chi connectivity index (χ0) is 13.2. The molecule has 6 heteroatoms. The second-order valence-electron chi connectivity index (χ2n) is 4.66. The summed E-state index contributed by atoms with van der Waals surface area (Å²) in [6, 6.07) is 2.45. The molecule has 0 bridgehead atoms. The molecule has 1 fully saturated rings. The van der Waals surface area contributed by atoms with Crippen LogP contribution < -0.4 is 10.2 Å². The van der Waals surface area contributed by atoms with E-state index in [0.717, 1.165) is 42.3 Å². The lowest BCUT2D eigenvalue weighted by molar-refractivity contribution is 0.0987. The van der Waals surface area contributed by atoms with Crippen molar-refractivity contribution in [2.75, 3.05) is 36.5 Å². The molecule has 0 radical (unpaired) electrons. The van der Waals surface area contributed by atoms with E-state index in [0.29, 0.717) is 12.0 Å². The summed E-state index contributed by atoms with van der Waals surface area (Å²) in [6.07, 6.45) is 0. The maximum Gasteiger partial charge on any atom is 0.226 e. The maximum absolute atomic E-state index is 5.51. The van der Waals surface area contributed by atoms with Crippen molar-refractivity contribution in [3.05, 3.63) is 11.4 Å². The molecule has 0 aromatic carbocycles. The van der Waals surface area contributed by atoms with E-state index < -0.39 is 0 Å². The normalized spacial score (nSPS) is 19.9. The third-order valence-corrected chi connectivity index (χ3v) is 4.09. The van der Waals surface area contributed by atoms with Crippen LogP contribution in [0.3, 0.4) is 0 Å². The lowest BCUT2D eigenvalue weighted by atomic mass is 10.2. The van der Waals surface area contributed by atoms with Gasteiger partial charge in [0.25, 0.3) is 0 Å². The van der Waals surface area contributed by atoms with E-state index >= 15 is 0 Å². The molecule has 1 unspecified atom stereocenters. The molecule has 5 nitrogen and oxygen atoms in total. The number of nitrogens with zero attached hydrogens (tertiary/aromatic N) is 3. The van der Waals surface area contributed by atoms with E-state index in [1.165, 1.54) is 0 Å². The molecule has 0 amide bonds. The number of hydrogen-bond acceptors (Lipinski definition) is 6. The summed E-state index contributed by atoms with van der Waals surface area (Å²) in [5, 5.41) is 6.42. The summed E-state index contributed by atoms with van der Waals surface area (Å²) >= 11 is 1.66. The quantitative estimate of drug-likeness (QED) is 0.934. The molecule has 102 valence electrons. The Balaban J connectivity index is 2.06. The molecule has 2 aromatic heterocycles. The van der Waals surface area contributed by atoms with Crippen molar-refractivity contribution >= 4 is 33.3 Å². The maximum atomic E-state index is 5.51. The number of nitrogens with one attached hydrogen (secondary N) is 1. The Kier molecular flexibility index (Phi) is 3.52. The minimum Gasteiger partial charge on any atom is -0.377 e. The highest BCUT2D eigenvalue weighted by Crippen LogP contribution is 2.30. The van der Waals surface area contributed by atoms with Gasteiger partial charge in [-0.1, -0.05) is 0 Å². The van der Waals surface area contributed by atoms with Crippen LogP contribution in [0.25, 0.3) is 10.2 Å². The molecule has 0 spiro atoms. The highest BCUT2D eigenvalue weighted by atomic mass is 32.1. The second-order valence-corrected chi connectivity index (χ2v) is 5.55. The lowest BCUT2D eigenvalue weighted by Crippen LogP contribution is -2.44. The van der Waals surface area contributed by atoms with E-state index in [4.69, 9.17) is 9.72 Å². The summed E-state index contributed by atoms with van der Waals surface area (Å²) in [5.41, 5.74) is 0. The van der Waals surface area contributed by atoms with Crippen LogP contribution >= 0.6 is 11.3 Å². The van der Waals surface area contributed by atoms with Gasteiger partial charge in [-0.3, -0.25) is 0 Å². The van der Waals surface area contributed by atoms with Gasteiger partial charge in [0.2, 0.25) is 5.95 Å². The van der Waals surface area contributed by atoms with Crippen LogP contribution in [-0.2, 0) is 4.74 Å². The molecule has 3 heterocycles. The zero-order valence-corrected chi connectivity index (χ0v) is 12.0. The van der Waals surface area contributed by atoms with Gasteiger partial charge in [0.05, 0.1) is 24.6 Å². The van der Waals surface area contributed by atoms with Gasteiger partial charge in [-0.05, 0) is 25.3 Å². The standard InChI is InChI=1S/C13H18N4OS/c1-3-14-13-15-11(10-4-7-19-12(10)16-13)17-5-6-18-8-9(17)2/h4,7,9H,3,5-6,8H2,1-2H3,(H,14,15,16). The smallest absolute Gasteiger partial charge is 0.226 e. The Morgan fingerprint density at radius 1 is 1.53 bits per heavy atom. The molecular formula is C13H18N4OS. The number of thiophene rings is 1. The largest absolute Gasteiger partial charge is 0.377 e. The summed E-state index contributed by atoms with van der Waals surface area (Å²) in [4.78, 5) is 12.6.